The number of likely N-dealkylation sites (tertiary alicyclic amines) is 1. The Bertz CT molecular complexity index is 913. The number of carbonyl (C=O) groups is 5. The molecule has 0 aromatic heterocycles. The van der Waals surface area contributed by atoms with Crippen molar-refractivity contribution >= 4 is 35.2 Å². The van der Waals surface area contributed by atoms with E-state index in [1.165, 1.54) is 19.9 Å². The second kappa shape index (κ2) is 7.66. The third kappa shape index (κ3) is 3.40. The number of Topliss-reactive ketones (excluding diaryl/α,β-unsaturated/α-hetero) is 1. The van der Waals surface area contributed by atoms with Gasteiger partial charge in [0, 0.05) is 11.3 Å². The molecular formula is C22H24N2O6. The third-order valence-corrected chi connectivity index (χ3v) is 6.59. The van der Waals surface area contributed by atoms with Crippen LogP contribution in [0.4, 0.5) is 5.69 Å². The maximum Gasteiger partial charge on any atom is 0.329 e. The number of anilines is 1. The van der Waals surface area contributed by atoms with Crippen LogP contribution in [0.3, 0.4) is 0 Å². The molecule has 3 fully saturated rings. The van der Waals surface area contributed by atoms with Gasteiger partial charge in [-0.25, -0.2) is 4.79 Å². The number of esters is 1. The number of nitrogens with one attached hydrogen (secondary N) is 1. The van der Waals surface area contributed by atoms with Crippen LogP contribution in [0.2, 0.25) is 0 Å². The molecule has 0 spiro atoms. The number of nitrogens with zero attached hydrogens (tertiary/aromatic N) is 1. The molecule has 4 rings (SSSR count). The van der Waals surface area contributed by atoms with Crippen LogP contribution in [0.25, 0.3) is 0 Å². The predicted octanol–water partition coefficient (Wildman–Crippen LogP) is 1.79. The first-order valence-corrected chi connectivity index (χ1v) is 10.2. The van der Waals surface area contributed by atoms with E-state index in [1.54, 1.807) is 18.2 Å². The van der Waals surface area contributed by atoms with E-state index in [1.807, 2.05) is 0 Å². The normalized spacial score (nSPS) is 27.7. The first-order chi connectivity index (χ1) is 14.3. The Morgan fingerprint density at radius 1 is 1.13 bits per heavy atom. The molecule has 3 amide bonds. The monoisotopic (exact) mass is 412 g/mol. The SMILES string of the molecule is CC(=O)c1cccc(NC(=O)COC(=O)[C@H](C)N2C(=O)[C@H]3[C@@H]4CC[C@@H](C4)[C@@H]3C2=O)c1. The molecule has 0 radical (unpaired) electrons. The maximum absolute atomic E-state index is 12.8. The minimum Gasteiger partial charge on any atom is -0.454 e. The van der Waals surface area contributed by atoms with Crippen molar-refractivity contribution in [1.82, 2.24) is 4.90 Å². The highest BCUT2D eigenvalue weighted by Crippen LogP contribution is 2.56. The van der Waals surface area contributed by atoms with Gasteiger partial charge in [-0.05, 0) is 57.1 Å². The fourth-order valence-electron chi connectivity index (χ4n) is 5.19. The average Bonchev–Trinajstić information content (AvgIpc) is 3.39. The fraction of sp³-hybridized carbons (Fsp3) is 0.500. The molecule has 1 aromatic rings. The second-order valence-electron chi connectivity index (χ2n) is 8.40. The number of rotatable bonds is 6. The van der Waals surface area contributed by atoms with Crippen LogP contribution in [0.1, 0.15) is 43.5 Å². The quantitative estimate of drug-likeness (QED) is 0.433. The number of ketones is 1. The lowest BCUT2D eigenvalue weighted by Gasteiger charge is -2.23. The van der Waals surface area contributed by atoms with Crippen molar-refractivity contribution in [2.45, 2.75) is 39.2 Å². The van der Waals surface area contributed by atoms with E-state index in [0.29, 0.717) is 11.3 Å². The lowest BCUT2D eigenvalue weighted by Crippen LogP contribution is -2.45. The van der Waals surface area contributed by atoms with Gasteiger partial charge >= 0.3 is 5.97 Å². The van der Waals surface area contributed by atoms with E-state index in [9.17, 15) is 24.0 Å². The van der Waals surface area contributed by atoms with E-state index in [2.05, 4.69) is 5.32 Å². The van der Waals surface area contributed by atoms with Gasteiger partial charge in [0.15, 0.2) is 12.4 Å². The summed E-state index contributed by atoms with van der Waals surface area (Å²) in [4.78, 5) is 62.6. The van der Waals surface area contributed by atoms with Crippen molar-refractivity contribution in [3.05, 3.63) is 29.8 Å². The summed E-state index contributed by atoms with van der Waals surface area (Å²) in [6, 6.07) is 5.34. The highest BCUT2D eigenvalue weighted by atomic mass is 16.5. The van der Waals surface area contributed by atoms with Gasteiger partial charge in [0.1, 0.15) is 6.04 Å². The van der Waals surface area contributed by atoms with Crippen molar-refractivity contribution in [3.8, 4) is 0 Å². The summed E-state index contributed by atoms with van der Waals surface area (Å²) >= 11 is 0. The van der Waals surface area contributed by atoms with Crippen molar-refractivity contribution in [3.63, 3.8) is 0 Å². The molecule has 8 heteroatoms. The zero-order valence-electron chi connectivity index (χ0n) is 16.9. The topological polar surface area (TPSA) is 110 Å². The number of fused-ring (bicyclic) bond motifs is 5. The first kappa shape index (κ1) is 20.3. The molecule has 8 nitrogen and oxygen atoms in total. The lowest BCUT2D eigenvalue weighted by atomic mass is 9.81. The molecule has 0 unspecified atom stereocenters. The average molecular weight is 412 g/mol. The molecule has 1 aromatic carbocycles. The van der Waals surface area contributed by atoms with E-state index in [-0.39, 0.29) is 41.3 Å². The number of carbonyl (C=O) groups excluding carboxylic acids is 5. The number of benzene rings is 1. The summed E-state index contributed by atoms with van der Waals surface area (Å²) < 4.78 is 5.05. The third-order valence-electron chi connectivity index (χ3n) is 6.59. The first-order valence-electron chi connectivity index (χ1n) is 10.2. The standard InChI is InChI=1S/C22H24N2O6/c1-11(24-20(27)18-14-6-7-15(8-14)19(18)21(24)28)22(29)30-10-17(26)23-16-5-3-4-13(9-16)12(2)25/h3-5,9,11,14-15,18-19H,6-8,10H2,1-2H3,(H,23,26)/t11-,14-,15+,18-,19-/m0/s1. The smallest absolute Gasteiger partial charge is 0.329 e. The molecule has 3 aliphatic rings. The maximum atomic E-state index is 12.8. The Balaban J connectivity index is 1.33. The second-order valence-corrected chi connectivity index (χ2v) is 8.40. The van der Waals surface area contributed by atoms with Gasteiger partial charge < -0.3 is 10.1 Å². The Kier molecular flexibility index (Phi) is 5.17. The molecule has 1 heterocycles. The van der Waals surface area contributed by atoms with Gasteiger partial charge in [0.05, 0.1) is 11.8 Å². The number of amides is 3. The molecular weight excluding hydrogens is 388 g/mol. The summed E-state index contributed by atoms with van der Waals surface area (Å²) in [7, 11) is 0. The predicted molar refractivity (Wildman–Crippen MR) is 105 cm³/mol. The zero-order chi connectivity index (χ0) is 21.6. The molecule has 158 valence electrons. The van der Waals surface area contributed by atoms with Gasteiger partial charge in [-0.3, -0.25) is 24.1 Å². The summed E-state index contributed by atoms with van der Waals surface area (Å²) in [6.07, 6.45) is 2.84. The minimum atomic E-state index is -1.07. The molecule has 30 heavy (non-hydrogen) atoms. The molecule has 1 saturated heterocycles. The van der Waals surface area contributed by atoms with Crippen LogP contribution in [0, 0.1) is 23.7 Å². The highest BCUT2D eigenvalue weighted by molar-refractivity contribution is 6.08. The summed E-state index contributed by atoms with van der Waals surface area (Å²) in [5.74, 6) is -2.21. The van der Waals surface area contributed by atoms with Crippen molar-refractivity contribution in [2.24, 2.45) is 23.7 Å². The Labute approximate surface area is 173 Å². The Morgan fingerprint density at radius 2 is 1.77 bits per heavy atom. The lowest BCUT2D eigenvalue weighted by molar-refractivity contribution is -0.159. The van der Waals surface area contributed by atoms with Crippen LogP contribution < -0.4 is 5.32 Å². The van der Waals surface area contributed by atoms with Crippen LogP contribution in [-0.2, 0) is 23.9 Å². The Hall–Kier alpha value is -3.03. The highest BCUT2D eigenvalue weighted by Gasteiger charge is 2.62. The van der Waals surface area contributed by atoms with E-state index < -0.39 is 24.5 Å². The largest absolute Gasteiger partial charge is 0.454 e. The summed E-state index contributed by atoms with van der Waals surface area (Å²) in [5, 5.41) is 2.55. The minimum absolute atomic E-state index is 0.135. The number of imide groups is 1. The molecule has 2 bridgehead atoms. The molecule has 1 aliphatic heterocycles. The van der Waals surface area contributed by atoms with E-state index >= 15 is 0 Å². The van der Waals surface area contributed by atoms with Crippen molar-refractivity contribution < 1.29 is 28.7 Å². The summed E-state index contributed by atoms with van der Waals surface area (Å²) in [5.41, 5.74) is 0.856. The van der Waals surface area contributed by atoms with Gasteiger partial charge in [-0.2, -0.15) is 0 Å². The summed E-state index contributed by atoms with van der Waals surface area (Å²) in [6.45, 7) is 2.32. The number of hydrogen-bond acceptors (Lipinski definition) is 6. The zero-order valence-corrected chi connectivity index (χ0v) is 16.9. The van der Waals surface area contributed by atoms with Crippen LogP contribution in [0.5, 0.6) is 0 Å². The van der Waals surface area contributed by atoms with Crippen LogP contribution in [-0.4, -0.2) is 47.0 Å². The Morgan fingerprint density at radius 3 is 2.37 bits per heavy atom. The van der Waals surface area contributed by atoms with Crippen molar-refractivity contribution in [2.75, 3.05) is 11.9 Å². The molecule has 1 N–H and O–H groups in total. The van der Waals surface area contributed by atoms with Gasteiger partial charge in [-0.1, -0.05) is 12.1 Å². The van der Waals surface area contributed by atoms with Crippen LogP contribution >= 0.6 is 0 Å². The molecule has 2 saturated carbocycles. The number of ether oxygens (including phenoxy) is 1. The van der Waals surface area contributed by atoms with Gasteiger partial charge in [0.25, 0.3) is 5.91 Å². The van der Waals surface area contributed by atoms with Crippen LogP contribution in [0.15, 0.2) is 24.3 Å². The number of hydrogen-bond donors (Lipinski definition) is 1. The molecule has 5 atom stereocenters. The van der Waals surface area contributed by atoms with Gasteiger partial charge in [0.2, 0.25) is 11.8 Å². The van der Waals surface area contributed by atoms with Gasteiger partial charge in [-0.15, -0.1) is 0 Å². The molecule has 2 aliphatic carbocycles. The fourth-order valence-corrected chi connectivity index (χ4v) is 5.19. The van der Waals surface area contributed by atoms with Crippen molar-refractivity contribution in [1.29, 1.82) is 0 Å². The van der Waals surface area contributed by atoms with E-state index in [4.69, 9.17) is 4.74 Å². The van der Waals surface area contributed by atoms with E-state index in [0.717, 1.165) is 24.2 Å².